The van der Waals surface area contributed by atoms with Crippen LogP contribution in [0.5, 0.6) is 0 Å². The Kier molecular flexibility index (Phi) is 4.06. The topological polar surface area (TPSA) is 72.2 Å². The van der Waals surface area contributed by atoms with Crippen LogP contribution in [0.2, 0.25) is 5.02 Å². The molecule has 8 heteroatoms. The second kappa shape index (κ2) is 5.50. The number of hydrogen-bond acceptors (Lipinski definition) is 3. The van der Waals surface area contributed by atoms with Crippen molar-refractivity contribution in [3.05, 3.63) is 52.6 Å². The Hall–Kier alpha value is -1.86. The van der Waals surface area contributed by atoms with Gasteiger partial charge in [0.1, 0.15) is 10.7 Å². The summed E-state index contributed by atoms with van der Waals surface area (Å²) in [5, 5.41) is -0.0237. The Balaban J connectivity index is 2.45. The first-order chi connectivity index (χ1) is 9.70. The zero-order valence-electron chi connectivity index (χ0n) is 10.8. The zero-order valence-corrected chi connectivity index (χ0v) is 12.4. The number of nitrogens with two attached hydrogens (primary N) is 1. The largest absolute Gasteiger partial charge is 0.396 e. The maximum Gasteiger partial charge on any atom is 0.264 e. The van der Waals surface area contributed by atoms with Crippen LogP contribution in [-0.4, -0.2) is 8.42 Å². The van der Waals surface area contributed by atoms with Gasteiger partial charge in [-0.25, -0.2) is 17.2 Å². The van der Waals surface area contributed by atoms with Crippen molar-refractivity contribution in [3.63, 3.8) is 0 Å². The lowest BCUT2D eigenvalue weighted by Crippen LogP contribution is -2.15. The van der Waals surface area contributed by atoms with E-state index in [0.29, 0.717) is 5.56 Å². The molecule has 3 N–H and O–H groups in total. The quantitative estimate of drug-likeness (QED) is 0.847. The number of halogens is 3. The van der Waals surface area contributed by atoms with Crippen LogP contribution in [-0.2, 0) is 10.0 Å². The van der Waals surface area contributed by atoms with E-state index in [2.05, 4.69) is 4.72 Å². The summed E-state index contributed by atoms with van der Waals surface area (Å²) in [5.74, 6) is -1.69. The number of aryl methyl sites for hydroxylation is 1. The lowest BCUT2D eigenvalue weighted by Gasteiger charge is -2.11. The molecule has 0 aliphatic carbocycles. The summed E-state index contributed by atoms with van der Waals surface area (Å²) in [6.07, 6.45) is 0. The third kappa shape index (κ3) is 3.25. The standard InChI is InChI=1S/C13H11ClF2N2O2S/c1-7-2-3-9(6-10(7)15)18-21(19,20)12-5-8(14)4-11(17)13(12)16/h2-6,18H,17H2,1H3. The van der Waals surface area contributed by atoms with Crippen LogP contribution < -0.4 is 10.5 Å². The molecule has 0 heterocycles. The number of anilines is 2. The molecule has 4 nitrogen and oxygen atoms in total. The van der Waals surface area contributed by atoms with Gasteiger partial charge in [0.15, 0.2) is 5.82 Å². The van der Waals surface area contributed by atoms with Crippen molar-refractivity contribution in [1.82, 2.24) is 0 Å². The first-order valence-corrected chi connectivity index (χ1v) is 7.60. The van der Waals surface area contributed by atoms with Gasteiger partial charge in [-0.2, -0.15) is 0 Å². The highest BCUT2D eigenvalue weighted by Crippen LogP contribution is 2.27. The molecular formula is C13H11ClF2N2O2S. The second-order valence-electron chi connectivity index (χ2n) is 4.38. The van der Waals surface area contributed by atoms with E-state index in [1.165, 1.54) is 19.1 Å². The van der Waals surface area contributed by atoms with Gasteiger partial charge in [0, 0.05) is 5.02 Å². The van der Waals surface area contributed by atoms with Gasteiger partial charge in [-0.3, -0.25) is 4.72 Å². The normalized spacial score (nSPS) is 11.4. The van der Waals surface area contributed by atoms with Gasteiger partial charge in [0.05, 0.1) is 11.4 Å². The van der Waals surface area contributed by atoms with E-state index in [4.69, 9.17) is 17.3 Å². The highest BCUT2D eigenvalue weighted by atomic mass is 35.5. The smallest absolute Gasteiger partial charge is 0.264 e. The van der Waals surface area contributed by atoms with Gasteiger partial charge in [-0.05, 0) is 36.8 Å². The van der Waals surface area contributed by atoms with E-state index in [1.807, 2.05) is 0 Å². The third-order valence-corrected chi connectivity index (χ3v) is 4.34. The minimum atomic E-state index is -4.27. The summed E-state index contributed by atoms with van der Waals surface area (Å²) in [4.78, 5) is -0.700. The van der Waals surface area contributed by atoms with Gasteiger partial charge in [0.2, 0.25) is 0 Å². The molecule has 0 aromatic heterocycles. The summed E-state index contributed by atoms with van der Waals surface area (Å²) < 4.78 is 53.6. The van der Waals surface area contributed by atoms with Crippen LogP contribution >= 0.6 is 11.6 Å². The molecule has 0 bridgehead atoms. The number of rotatable bonds is 3. The Morgan fingerprint density at radius 3 is 2.48 bits per heavy atom. The minimum absolute atomic E-state index is 0.0237. The van der Waals surface area contributed by atoms with Crippen molar-refractivity contribution in [2.45, 2.75) is 11.8 Å². The average Bonchev–Trinajstić information content (AvgIpc) is 2.37. The molecule has 112 valence electrons. The van der Waals surface area contributed by atoms with E-state index >= 15 is 0 Å². The molecule has 0 radical (unpaired) electrons. The summed E-state index contributed by atoms with van der Waals surface area (Å²) in [7, 11) is -4.27. The monoisotopic (exact) mass is 332 g/mol. The first-order valence-electron chi connectivity index (χ1n) is 5.74. The Morgan fingerprint density at radius 2 is 1.86 bits per heavy atom. The van der Waals surface area contributed by atoms with Gasteiger partial charge >= 0.3 is 0 Å². The molecule has 0 spiro atoms. The number of sulfonamides is 1. The zero-order chi connectivity index (χ0) is 15.8. The number of hydrogen-bond donors (Lipinski definition) is 2. The summed E-state index contributed by atoms with van der Waals surface area (Å²) in [5.41, 5.74) is 5.28. The van der Waals surface area contributed by atoms with Crippen LogP contribution in [0.3, 0.4) is 0 Å². The molecule has 0 aliphatic heterocycles. The lowest BCUT2D eigenvalue weighted by molar-refractivity contribution is 0.573. The Morgan fingerprint density at radius 1 is 1.19 bits per heavy atom. The fourth-order valence-electron chi connectivity index (χ4n) is 1.65. The molecule has 2 rings (SSSR count). The van der Waals surface area contributed by atoms with E-state index in [1.54, 1.807) is 0 Å². The van der Waals surface area contributed by atoms with E-state index in [0.717, 1.165) is 18.2 Å². The molecule has 0 amide bonds. The van der Waals surface area contributed by atoms with Crippen molar-refractivity contribution in [2.24, 2.45) is 0 Å². The number of benzene rings is 2. The molecule has 0 atom stereocenters. The number of nitrogens with one attached hydrogen (secondary N) is 1. The molecular weight excluding hydrogens is 322 g/mol. The molecule has 0 aliphatic rings. The predicted octanol–water partition coefficient (Wildman–Crippen LogP) is 3.31. The summed E-state index contributed by atoms with van der Waals surface area (Å²) >= 11 is 5.68. The van der Waals surface area contributed by atoms with Crippen LogP contribution in [0.15, 0.2) is 35.2 Å². The first kappa shape index (κ1) is 15.5. The van der Waals surface area contributed by atoms with Crippen LogP contribution in [0, 0.1) is 18.6 Å². The Bertz CT molecular complexity index is 810. The molecule has 2 aromatic carbocycles. The maximum atomic E-state index is 13.8. The van der Waals surface area contributed by atoms with Gasteiger partial charge in [-0.1, -0.05) is 17.7 Å². The van der Waals surface area contributed by atoms with Crippen molar-refractivity contribution in [3.8, 4) is 0 Å². The highest BCUT2D eigenvalue weighted by Gasteiger charge is 2.22. The SMILES string of the molecule is Cc1ccc(NS(=O)(=O)c2cc(Cl)cc(N)c2F)cc1F. The third-order valence-electron chi connectivity index (χ3n) is 2.75. The second-order valence-corrected chi connectivity index (χ2v) is 6.46. The van der Waals surface area contributed by atoms with Crippen LogP contribution in [0.1, 0.15) is 5.56 Å². The summed E-state index contributed by atoms with van der Waals surface area (Å²) in [6.45, 7) is 1.53. The van der Waals surface area contributed by atoms with Crippen molar-refractivity contribution < 1.29 is 17.2 Å². The van der Waals surface area contributed by atoms with Crippen molar-refractivity contribution in [1.29, 1.82) is 0 Å². The van der Waals surface area contributed by atoms with Crippen molar-refractivity contribution >= 4 is 33.0 Å². The van der Waals surface area contributed by atoms with Crippen LogP contribution in [0.4, 0.5) is 20.2 Å². The molecule has 21 heavy (non-hydrogen) atoms. The average molecular weight is 333 g/mol. The van der Waals surface area contributed by atoms with Crippen LogP contribution in [0.25, 0.3) is 0 Å². The number of nitrogen functional groups attached to an aromatic ring is 1. The molecule has 0 unspecified atom stereocenters. The molecule has 0 saturated carbocycles. The van der Waals surface area contributed by atoms with E-state index in [-0.39, 0.29) is 10.7 Å². The highest BCUT2D eigenvalue weighted by molar-refractivity contribution is 7.92. The molecule has 0 saturated heterocycles. The minimum Gasteiger partial charge on any atom is -0.396 e. The maximum absolute atomic E-state index is 13.8. The lowest BCUT2D eigenvalue weighted by atomic mass is 10.2. The van der Waals surface area contributed by atoms with E-state index < -0.39 is 32.2 Å². The van der Waals surface area contributed by atoms with Crippen molar-refractivity contribution in [2.75, 3.05) is 10.5 Å². The van der Waals surface area contributed by atoms with Gasteiger partial charge in [-0.15, -0.1) is 0 Å². The van der Waals surface area contributed by atoms with Gasteiger partial charge < -0.3 is 5.73 Å². The molecule has 0 fully saturated rings. The summed E-state index contributed by atoms with van der Waals surface area (Å²) in [6, 6.07) is 5.79. The fourth-order valence-corrected chi connectivity index (χ4v) is 3.12. The van der Waals surface area contributed by atoms with E-state index in [9.17, 15) is 17.2 Å². The molecule has 2 aromatic rings. The fraction of sp³-hybridized carbons (Fsp3) is 0.0769. The predicted molar refractivity (Wildman–Crippen MR) is 77.8 cm³/mol. The van der Waals surface area contributed by atoms with Gasteiger partial charge in [0.25, 0.3) is 10.0 Å². The Labute approximate surface area is 125 Å².